The molecule has 3 aliphatic rings. The van der Waals surface area contributed by atoms with Crippen molar-refractivity contribution in [2.45, 2.75) is 44.6 Å². The van der Waals surface area contributed by atoms with Crippen LogP contribution in [0.3, 0.4) is 0 Å². The predicted molar refractivity (Wildman–Crippen MR) is 96.5 cm³/mol. The van der Waals surface area contributed by atoms with Crippen molar-refractivity contribution in [1.29, 1.82) is 0 Å². The van der Waals surface area contributed by atoms with Crippen LogP contribution in [0.4, 0.5) is 0 Å². The molecule has 1 heterocycles. The van der Waals surface area contributed by atoms with Crippen LogP contribution in [0.15, 0.2) is 29.8 Å². The molecule has 2 aliphatic carbocycles. The average Bonchev–Trinajstić information content (AvgIpc) is 2.58. The first-order valence-electron chi connectivity index (χ1n) is 9.12. The van der Waals surface area contributed by atoms with Gasteiger partial charge in [0, 0.05) is 16.9 Å². The van der Waals surface area contributed by atoms with Gasteiger partial charge in [-0.05, 0) is 69.0 Å². The number of rotatable bonds is 2. The maximum absolute atomic E-state index is 9.98. The number of ether oxygens (including phenoxy) is 1. The van der Waals surface area contributed by atoms with Crippen LogP contribution in [0.5, 0.6) is 5.75 Å². The normalized spacial score (nSPS) is 38.1. The summed E-state index contributed by atoms with van der Waals surface area (Å²) < 4.78 is 5.54. The largest absolute Gasteiger partial charge is 0.497 e. The number of hydrogen-bond acceptors (Lipinski definition) is 3. The molecule has 2 bridgehead atoms. The van der Waals surface area contributed by atoms with Crippen molar-refractivity contribution in [2.75, 3.05) is 27.3 Å². The second kappa shape index (κ2) is 5.34. The third kappa shape index (κ3) is 2.04. The summed E-state index contributed by atoms with van der Waals surface area (Å²) in [5, 5.41) is 9.98. The second-order valence-corrected chi connectivity index (χ2v) is 8.45. The Balaban J connectivity index is 1.95. The van der Waals surface area contributed by atoms with Gasteiger partial charge in [0.05, 0.1) is 13.7 Å². The van der Waals surface area contributed by atoms with Crippen LogP contribution >= 0.6 is 0 Å². The maximum Gasteiger partial charge on any atom is 0.119 e. The van der Waals surface area contributed by atoms with Gasteiger partial charge in [-0.15, -0.1) is 0 Å². The first-order chi connectivity index (χ1) is 11.4. The number of nitrogens with zero attached hydrogens (tertiary/aromatic N) is 1. The molecule has 3 unspecified atom stereocenters. The van der Waals surface area contributed by atoms with Crippen LogP contribution < -0.4 is 4.74 Å². The molecule has 0 aromatic heterocycles. The van der Waals surface area contributed by atoms with E-state index in [0.717, 1.165) is 31.6 Å². The number of allylic oxidation sites excluding steroid dienone is 1. The van der Waals surface area contributed by atoms with Gasteiger partial charge in [-0.2, -0.15) is 0 Å². The highest BCUT2D eigenvalue weighted by Gasteiger charge is 2.56. The van der Waals surface area contributed by atoms with Gasteiger partial charge in [0.2, 0.25) is 0 Å². The van der Waals surface area contributed by atoms with E-state index < -0.39 is 0 Å². The summed E-state index contributed by atoms with van der Waals surface area (Å²) in [7, 11) is 4.02. The molecule has 0 spiro atoms. The van der Waals surface area contributed by atoms with Gasteiger partial charge in [-0.1, -0.05) is 24.6 Å². The number of hydrogen-bond donors (Lipinski definition) is 1. The molecule has 0 amide bonds. The summed E-state index contributed by atoms with van der Waals surface area (Å²) in [4.78, 5) is 2.55. The summed E-state index contributed by atoms with van der Waals surface area (Å²) in [6.45, 7) is 5.87. The summed E-state index contributed by atoms with van der Waals surface area (Å²) >= 11 is 0. The number of methoxy groups -OCH3 is 1. The Morgan fingerprint density at radius 3 is 2.88 bits per heavy atom. The summed E-state index contributed by atoms with van der Waals surface area (Å²) in [5.41, 5.74) is 4.43. The van der Waals surface area contributed by atoms with Gasteiger partial charge in [-0.25, -0.2) is 0 Å². The molecule has 4 atom stereocenters. The number of benzene rings is 1. The van der Waals surface area contributed by atoms with Crippen LogP contribution in [0.1, 0.15) is 37.8 Å². The number of likely N-dealkylation sites (tertiary alicyclic amines) is 1. The van der Waals surface area contributed by atoms with E-state index in [0.29, 0.717) is 12.0 Å². The molecule has 1 fully saturated rings. The SMILES string of the molecule is COc1ccc2c(c1)C13CCN(C)C(C2)C1C[C@@](C)(CO)C=C3C. The van der Waals surface area contributed by atoms with E-state index in [1.807, 2.05) is 0 Å². The van der Waals surface area contributed by atoms with E-state index >= 15 is 0 Å². The average molecular weight is 327 g/mol. The quantitative estimate of drug-likeness (QED) is 0.847. The monoisotopic (exact) mass is 327 g/mol. The fourth-order valence-electron chi connectivity index (χ4n) is 5.81. The Kier molecular flexibility index (Phi) is 3.59. The minimum absolute atomic E-state index is 0.0922. The third-order valence-corrected chi connectivity index (χ3v) is 7.07. The summed E-state index contributed by atoms with van der Waals surface area (Å²) in [5.74, 6) is 1.53. The van der Waals surface area contributed by atoms with Crippen molar-refractivity contribution >= 4 is 0 Å². The predicted octanol–water partition coefficient (Wildman–Crippen LogP) is 3.16. The molecule has 3 nitrogen and oxygen atoms in total. The third-order valence-electron chi connectivity index (χ3n) is 7.07. The highest BCUT2D eigenvalue weighted by atomic mass is 16.5. The Morgan fingerprint density at radius 2 is 2.17 bits per heavy atom. The van der Waals surface area contributed by atoms with Crippen LogP contribution in [-0.2, 0) is 11.8 Å². The van der Waals surface area contributed by atoms with E-state index in [9.17, 15) is 5.11 Å². The highest BCUT2D eigenvalue weighted by Crippen LogP contribution is 2.59. The standard InChI is InChI=1S/C21H29NO2/c1-14-11-20(2,13-23)12-18-19-9-15-5-6-16(24-4)10-17(15)21(14,18)7-8-22(19)3/h5-6,10-11,18-19,23H,7-9,12-13H2,1-4H3/t18?,19?,20-,21?/m0/s1. The van der Waals surface area contributed by atoms with Crippen LogP contribution in [0.2, 0.25) is 0 Å². The fourth-order valence-corrected chi connectivity index (χ4v) is 5.81. The molecule has 3 heteroatoms. The smallest absolute Gasteiger partial charge is 0.119 e. The van der Waals surface area contributed by atoms with Crippen molar-refractivity contribution in [3.63, 3.8) is 0 Å². The number of aliphatic hydroxyl groups excluding tert-OH is 1. The Labute approximate surface area is 145 Å². The molecule has 4 rings (SSSR count). The molecule has 24 heavy (non-hydrogen) atoms. The molecule has 1 N–H and O–H groups in total. The zero-order valence-electron chi connectivity index (χ0n) is 15.3. The molecule has 1 saturated heterocycles. The van der Waals surface area contributed by atoms with Gasteiger partial charge >= 0.3 is 0 Å². The Bertz CT molecular complexity index is 697. The van der Waals surface area contributed by atoms with Gasteiger partial charge in [0.25, 0.3) is 0 Å². The molecule has 0 radical (unpaired) electrons. The molecular weight excluding hydrogens is 298 g/mol. The maximum atomic E-state index is 9.98. The van der Waals surface area contributed by atoms with E-state index in [4.69, 9.17) is 4.74 Å². The van der Waals surface area contributed by atoms with Crippen molar-refractivity contribution in [3.05, 3.63) is 41.0 Å². The Hall–Kier alpha value is -1.32. The number of piperidine rings is 1. The summed E-state index contributed by atoms with van der Waals surface area (Å²) in [6, 6.07) is 7.22. The molecule has 0 saturated carbocycles. The van der Waals surface area contributed by atoms with Gasteiger partial charge < -0.3 is 14.7 Å². The lowest BCUT2D eigenvalue weighted by molar-refractivity contribution is 0.00393. The van der Waals surface area contributed by atoms with E-state index in [2.05, 4.69) is 50.1 Å². The Morgan fingerprint density at radius 1 is 1.38 bits per heavy atom. The summed E-state index contributed by atoms with van der Waals surface area (Å²) in [6.07, 6.45) is 5.69. The lowest BCUT2D eigenvalue weighted by Crippen LogP contribution is -2.61. The van der Waals surface area contributed by atoms with E-state index in [1.54, 1.807) is 7.11 Å². The molecular formula is C21H29NO2. The zero-order valence-corrected chi connectivity index (χ0v) is 15.3. The van der Waals surface area contributed by atoms with Crippen LogP contribution in [0.25, 0.3) is 0 Å². The lowest BCUT2D eigenvalue weighted by Gasteiger charge is -2.60. The van der Waals surface area contributed by atoms with Crippen LogP contribution in [0, 0.1) is 11.3 Å². The van der Waals surface area contributed by atoms with Crippen molar-refractivity contribution in [2.24, 2.45) is 11.3 Å². The van der Waals surface area contributed by atoms with Gasteiger partial charge in [0.1, 0.15) is 5.75 Å². The van der Waals surface area contributed by atoms with Crippen molar-refractivity contribution in [3.8, 4) is 5.75 Å². The van der Waals surface area contributed by atoms with Crippen molar-refractivity contribution < 1.29 is 9.84 Å². The first-order valence-corrected chi connectivity index (χ1v) is 9.12. The van der Waals surface area contributed by atoms with Gasteiger partial charge in [0.15, 0.2) is 0 Å². The fraction of sp³-hybridized carbons (Fsp3) is 0.619. The lowest BCUT2D eigenvalue weighted by atomic mass is 9.49. The van der Waals surface area contributed by atoms with Crippen molar-refractivity contribution in [1.82, 2.24) is 4.90 Å². The van der Waals surface area contributed by atoms with Crippen LogP contribution in [-0.4, -0.2) is 43.4 Å². The first kappa shape index (κ1) is 16.2. The second-order valence-electron chi connectivity index (χ2n) is 8.45. The number of aliphatic hydroxyl groups is 1. The minimum atomic E-state index is -0.0922. The topological polar surface area (TPSA) is 32.7 Å². The highest BCUT2D eigenvalue weighted by molar-refractivity contribution is 5.51. The number of fused-ring (bicyclic) bond motifs is 1. The van der Waals surface area contributed by atoms with Gasteiger partial charge in [-0.3, -0.25) is 0 Å². The van der Waals surface area contributed by atoms with E-state index in [1.165, 1.54) is 16.7 Å². The molecule has 130 valence electrons. The minimum Gasteiger partial charge on any atom is -0.497 e. The molecule has 1 aliphatic heterocycles. The molecule has 1 aromatic rings. The molecule has 1 aromatic carbocycles. The van der Waals surface area contributed by atoms with E-state index in [-0.39, 0.29) is 17.4 Å². The zero-order chi connectivity index (χ0) is 17.1. The number of likely N-dealkylation sites (N-methyl/N-ethyl adjacent to an activating group) is 1.